The van der Waals surface area contributed by atoms with E-state index in [1.807, 2.05) is 48.5 Å². The Labute approximate surface area is 166 Å². The predicted molar refractivity (Wildman–Crippen MR) is 107 cm³/mol. The molecule has 138 valence electrons. The van der Waals surface area contributed by atoms with Gasteiger partial charge in [-0.15, -0.1) is 0 Å². The number of ether oxygens (including phenoxy) is 1. The summed E-state index contributed by atoms with van der Waals surface area (Å²) in [6.07, 6.45) is 1.36. The topological polar surface area (TPSA) is 66.8 Å². The second kappa shape index (κ2) is 8.73. The van der Waals surface area contributed by atoms with Gasteiger partial charge in [-0.05, 0) is 59.9 Å². The van der Waals surface area contributed by atoms with Crippen LogP contribution in [0.4, 0.5) is 0 Å². The first kappa shape index (κ1) is 19.0. The lowest BCUT2D eigenvalue weighted by Crippen LogP contribution is -2.01. The molecule has 0 aromatic heterocycles. The number of rotatable bonds is 7. The zero-order valence-electron chi connectivity index (χ0n) is 14.6. The molecule has 0 saturated heterocycles. The van der Waals surface area contributed by atoms with E-state index in [1.165, 1.54) is 12.1 Å². The van der Waals surface area contributed by atoms with Crippen LogP contribution in [0.5, 0.6) is 11.5 Å². The van der Waals surface area contributed by atoms with Crippen LogP contribution in [0.25, 0.3) is 0 Å². The van der Waals surface area contributed by atoms with Gasteiger partial charge in [0.2, 0.25) is 0 Å². The Morgan fingerprint density at radius 2 is 1.70 bits per heavy atom. The van der Waals surface area contributed by atoms with Crippen LogP contribution in [0.2, 0.25) is 0 Å². The van der Waals surface area contributed by atoms with E-state index in [9.17, 15) is 9.90 Å². The first-order chi connectivity index (χ1) is 13.0. The van der Waals surface area contributed by atoms with Crippen LogP contribution in [0.3, 0.4) is 0 Å². The standard InChI is InChI=1S/C22H19BrO4/c23-18-9-11-21(27-14-16-4-2-1-3-5-16)17(13-18)8-6-15-7-10-19(22(25)26)20(24)12-15/h1-5,7,9-13,24H,6,8,14H2,(H,25,26). The van der Waals surface area contributed by atoms with Gasteiger partial charge >= 0.3 is 5.97 Å². The minimum atomic E-state index is -1.14. The average molecular weight is 427 g/mol. The number of carbonyl (C=O) groups is 1. The first-order valence-electron chi connectivity index (χ1n) is 8.53. The SMILES string of the molecule is O=C(O)c1ccc(CCc2cc(Br)ccc2OCc2ccccc2)cc1O. The highest BCUT2D eigenvalue weighted by molar-refractivity contribution is 9.10. The fraction of sp³-hybridized carbons (Fsp3) is 0.136. The molecule has 0 heterocycles. The highest BCUT2D eigenvalue weighted by atomic mass is 79.9. The van der Waals surface area contributed by atoms with Gasteiger partial charge in [0.25, 0.3) is 0 Å². The van der Waals surface area contributed by atoms with Crippen molar-refractivity contribution in [2.24, 2.45) is 0 Å². The molecule has 0 fully saturated rings. The maximum absolute atomic E-state index is 11.0. The summed E-state index contributed by atoms with van der Waals surface area (Å²) in [6.45, 7) is 0.490. The Hall–Kier alpha value is -2.79. The van der Waals surface area contributed by atoms with Crippen molar-refractivity contribution in [1.29, 1.82) is 0 Å². The van der Waals surface area contributed by atoms with Gasteiger partial charge in [-0.3, -0.25) is 0 Å². The van der Waals surface area contributed by atoms with Crippen LogP contribution >= 0.6 is 15.9 Å². The molecule has 0 amide bonds. The summed E-state index contributed by atoms with van der Waals surface area (Å²) >= 11 is 3.49. The molecule has 0 aliphatic heterocycles. The summed E-state index contributed by atoms with van der Waals surface area (Å²) < 4.78 is 6.96. The minimum absolute atomic E-state index is 0.0897. The number of hydrogen-bond acceptors (Lipinski definition) is 3. The first-order valence-corrected chi connectivity index (χ1v) is 9.32. The number of benzene rings is 3. The molecule has 0 aliphatic rings. The van der Waals surface area contributed by atoms with E-state index >= 15 is 0 Å². The molecule has 3 aromatic carbocycles. The normalized spacial score (nSPS) is 10.6. The number of halogens is 1. The van der Waals surface area contributed by atoms with Gasteiger partial charge < -0.3 is 14.9 Å². The molecule has 4 nitrogen and oxygen atoms in total. The Bertz CT molecular complexity index is 938. The zero-order valence-corrected chi connectivity index (χ0v) is 16.1. The molecular weight excluding hydrogens is 408 g/mol. The second-order valence-corrected chi connectivity index (χ2v) is 7.10. The maximum atomic E-state index is 11.0. The van der Waals surface area contributed by atoms with E-state index in [2.05, 4.69) is 15.9 Å². The second-order valence-electron chi connectivity index (χ2n) is 6.18. The molecule has 0 atom stereocenters. The van der Waals surface area contributed by atoms with E-state index < -0.39 is 5.97 Å². The minimum Gasteiger partial charge on any atom is -0.507 e. The number of hydrogen-bond donors (Lipinski definition) is 2. The lowest BCUT2D eigenvalue weighted by Gasteiger charge is -2.13. The quantitative estimate of drug-likeness (QED) is 0.543. The summed E-state index contributed by atoms with van der Waals surface area (Å²) in [5.74, 6) is -0.536. The number of aryl methyl sites for hydroxylation is 2. The third kappa shape index (κ3) is 5.11. The van der Waals surface area contributed by atoms with Gasteiger partial charge in [0.15, 0.2) is 0 Å². The summed E-state index contributed by atoms with van der Waals surface area (Å²) in [6, 6.07) is 20.5. The van der Waals surface area contributed by atoms with Crippen LogP contribution < -0.4 is 4.74 Å². The Balaban J connectivity index is 1.71. The highest BCUT2D eigenvalue weighted by Gasteiger charge is 2.11. The zero-order chi connectivity index (χ0) is 19.2. The molecule has 2 N–H and O–H groups in total. The van der Waals surface area contributed by atoms with Crippen molar-refractivity contribution >= 4 is 21.9 Å². The molecule has 0 radical (unpaired) electrons. The summed E-state index contributed by atoms with van der Waals surface area (Å²) in [7, 11) is 0. The summed E-state index contributed by atoms with van der Waals surface area (Å²) in [5, 5.41) is 18.9. The number of carboxylic acid groups (broad SMARTS) is 1. The van der Waals surface area contributed by atoms with Crippen LogP contribution in [0, 0.1) is 0 Å². The van der Waals surface area contributed by atoms with E-state index in [0.29, 0.717) is 19.4 Å². The van der Waals surface area contributed by atoms with Crippen molar-refractivity contribution in [3.8, 4) is 11.5 Å². The molecule has 0 bridgehead atoms. The molecular formula is C22H19BrO4. The lowest BCUT2D eigenvalue weighted by atomic mass is 10.0. The van der Waals surface area contributed by atoms with Crippen molar-refractivity contribution in [1.82, 2.24) is 0 Å². The third-order valence-electron chi connectivity index (χ3n) is 4.24. The fourth-order valence-corrected chi connectivity index (χ4v) is 3.22. The largest absolute Gasteiger partial charge is 0.507 e. The third-order valence-corrected chi connectivity index (χ3v) is 4.73. The monoisotopic (exact) mass is 426 g/mol. The summed E-state index contributed by atoms with van der Waals surface area (Å²) in [4.78, 5) is 11.0. The fourth-order valence-electron chi connectivity index (χ4n) is 2.81. The van der Waals surface area contributed by atoms with Crippen LogP contribution in [0.15, 0.2) is 71.2 Å². The highest BCUT2D eigenvalue weighted by Crippen LogP contribution is 2.27. The lowest BCUT2D eigenvalue weighted by molar-refractivity contribution is 0.0693. The molecule has 0 unspecified atom stereocenters. The molecule has 5 heteroatoms. The van der Waals surface area contributed by atoms with Gasteiger partial charge in [-0.2, -0.15) is 0 Å². The average Bonchev–Trinajstić information content (AvgIpc) is 2.66. The number of carboxylic acids is 1. The van der Waals surface area contributed by atoms with Crippen molar-refractivity contribution in [2.75, 3.05) is 0 Å². The van der Waals surface area contributed by atoms with Crippen LogP contribution in [0.1, 0.15) is 27.0 Å². The van der Waals surface area contributed by atoms with E-state index in [1.54, 1.807) is 6.07 Å². The van der Waals surface area contributed by atoms with Crippen molar-refractivity contribution in [2.45, 2.75) is 19.4 Å². The molecule has 3 rings (SSSR count). The maximum Gasteiger partial charge on any atom is 0.339 e. The smallest absolute Gasteiger partial charge is 0.339 e. The van der Waals surface area contributed by atoms with Crippen molar-refractivity contribution in [3.05, 3.63) is 93.5 Å². The number of aromatic hydroxyl groups is 1. The Morgan fingerprint density at radius 3 is 2.41 bits per heavy atom. The molecule has 0 aliphatic carbocycles. The van der Waals surface area contributed by atoms with Gasteiger partial charge in [0.05, 0.1) is 0 Å². The Morgan fingerprint density at radius 1 is 0.926 bits per heavy atom. The number of aromatic carboxylic acids is 1. The molecule has 27 heavy (non-hydrogen) atoms. The van der Waals surface area contributed by atoms with E-state index in [-0.39, 0.29) is 11.3 Å². The van der Waals surface area contributed by atoms with E-state index in [0.717, 1.165) is 26.9 Å². The molecule has 3 aromatic rings. The predicted octanol–water partition coefficient (Wildman–Crippen LogP) is 5.22. The van der Waals surface area contributed by atoms with Crippen molar-refractivity contribution < 1.29 is 19.7 Å². The van der Waals surface area contributed by atoms with Gasteiger partial charge in [-0.1, -0.05) is 52.3 Å². The van der Waals surface area contributed by atoms with Gasteiger partial charge in [-0.25, -0.2) is 4.79 Å². The molecule has 0 saturated carbocycles. The summed E-state index contributed by atoms with van der Waals surface area (Å²) in [5.41, 5.74) is 2.92. The number of phenols is 1. The van der Waals surface area contributed by atoms with Crippen molar-refractivity contribution in [3.63, 3.8) is 0 Å². The van der Waals surface area contributed by atoms with E-state index in [4.69, 9.17) is 9.84 Å². The van der Waals surface area contributed by atoms with Gasteiger partial charge in [0, 0.05) is 4.47 Å². The Kier molecular flexibility index (Phi) is 6.14. The van der Waals surface area contributed by atoms with Gasteiger partial charge in [0.1, 0.15) is 23.7 Å². The van der Waals surface area contributed by atoms with Crippen LogP contribution in [-0.2, 0) is 19.4 Å². The van der Waals surface area contributed by atoms with Crippen LogP contribution in [-0.4, -0.2) is 16.2 Å². The molecule has 0 spiro atoms.